The van der Waals surface area contributed by atoms with Crippen LogP contribution in [0.25, 0.3) is 33.4 Å². The highest BCUT2D eigenvalue weighted by molar-refractivity contribution is 7.48. The Morgan fingerprint density at radius 2 is 0.766 bits per heavy atom. The van der Waals surface area contributed by atoms with Gasteiger partial charge < -0.3 is 9.05 Å². The predicted molar refractivity (Wildman–Crippen MR) is 147 cm³/mol. The molecule has 0 saturated carbocycles. The number of phosphoric acid groups is 1. The first-order valence-corrected chi connectivity index (χ1v) is 15.9. The molecule has 4 aromatic carbocycles. The Labute approximate surface area is 259 Å². The lowest BCUT2D eigenvalue weighted by molar-refractivity contribution is 0.294. The van der Waals surface area contributed by atoms with Crippen LogP contribution in [-0.4, -0.2) is 4.89 Å². The zero-order valence-corrected chi connectivity index (χ0v) is 24.6. The Balaban J connectivity index is 1.69. The van der Waals surface area contributed by atoms with Crippen LogP contribution in [0.15, 0.2) is 12.1 Å². The molecule has 2 aliphatic carbocycles. The van der Waals surface area contributed by atoms with E-state index in [9.17, 15) is 35.8 Å². The molecule has 0 radical (unpaired) electrons. The molecule has 0 bridgehead atoms. The van der Waals surface area contributed by atoms with Crippen LogP contribution >= 0.6 is 7.82 Å². The van der Waals surface area contributed by atoms with Gasteiger partial charge in [-0.1, -0.05) is 0 Å². The summed E-state index contributed by atoms with van der Waals surface area (Å²) < 4.78 is 171. The first-order valence-electron chi connectivity index (χ1n) is 14.4. The Kier molecular flexibility index (Phi) is 7.40. The van der Waals surface area contributed by atoms with E-state index in [0.29, 0.717) is 47.9 Å². The molecule has 0 saturated heterocycles. The van der Waals surface area contributed by atoms with Gasteiger partial charge in [0.05, 0.1) is 11.1 Å². The topological polar surface area (TPSA) is 55.8 Å². The molecule has 0 fully saturated rings. The van der Waals surface area contributed by atoms with Gasteiger partial charge in [-0.05, 0) is 85.8 Å². The monoisotopic (exact) mass is 688 g/mol. The zero-order chi connectivity index (χ0) is 33.7. The van der Waals surface area contributed by atoms with Crippen molar-refractivity contribution in [1.82, 2.24) is 0 Å². The highest BCUT2D eigenvalue weighted by Crippen LogP contribution is 2.62. The fourth-order valence-corrected chi connectivity index (χ4v) is 7.67. The van der Waals surface area contributed by atoms with Crippen LogP contribution in [0.3, 0.4) is 0 Å². The molecule has 0 amide bonds. The second-order valence-electron chi connectivity index (χ2n) is 11.5. The summed E-state index contributed by atoms with van der Waals surface area (Å²) in [6.07, 6.45) is 2.91. The Morgan fingerprint density at radius 3 is 1.11 bits per heavy atom. The zero-order valence-electron chi connectivity index (χ0n) is 23.7. The molecule has 1 N–H and O–H groups in total. The van der Waals surface area contributed by atoms with Crippen molar-refractivity contribution in [2.75, 3.05) is 0 Å². The molecule has 15 heteroatoms. The quantitative estimate of drug-likeness (QED) is 0.0987. The molecule has 47 heavy (non-hydrogen) atoms. The lowest BCUT2D eigenvalue weighted by atomic mass is 9.77. The van der Waals surface area contributed by atoms with Crippen molar-refractivity contribution in [2.45, 2.75) is 51.4 Å². The smallest absolute Gasteiger partial charge is 0.394 e. The van der Waals surface area contributed by atoms with E-state index in [2.05, 4.69) is 0 Å². The van der Waals surface area contributed by atoms with E-state index >= 15 is 17.6 Å². The standard InChI is InChI=1S/C32H19F10O4P/c33-21-19(22(34)26(38)29(41)25(21)37)15-9-11-5-1-3-7-13(11)17-18-14-8-4-2-6-12(14)10-16(32(18)46-47(43,44)45-31(15)17)20-23(35)27(39)30(42)28(40)24(20)36/h9-10H,1-8H2,(H,43,44). The average Bonchev–Trinajstić information content (AvgIpc) is 3.18. The van der Waals surface area contributed by atoms with Gasteiger partial charge in [0, 0.05) is 22.3 Å². The molecule has 1 heterocycles. The van der Waals surface area contributed by atoms with Crippen molar-refractivity contribution >= 4 is 7.82 Å². The second kappa shape index (κ2) is 11.0. The summed E-state index contributed by atoms with van der Waals surface area (Å²) in [6.45, 7) is 0. The molecule has 0 atom stereocenters. The minimum absolute atomic E-state index is 0.188. The number of hydrogen-bond donors (Lipinski definition) is 1. The summed E-state index contributed by atoms with van der Waals surface area (Å²) in [7, 11) is -5.60. The van der Waals surface area contributed by atoms with Crippen LogP contribution < -0.4 is 9.05 Å². The van der Waals surface area contributed by atoms with E-state index in [1.54, 1.807) is 0 Å². The first-order chi connectivity index (χ1) is 22.2. The van der Waals surface area contributed by atoms with Crippen molar-refractivity contribution in [1.29, 1.82) is 0 Å². The Bertz CT molecular complexity index is 1910. The van der Waals surface area contributed by atoms with E-state index in [-0.39, 0.29) is 36.8 Å². The van der Waals surface area contributed by atoms with Crippen LogP contribution in [0.4, 0.5) is 43.9 Å². The molecule has 7 rings (SSSR count). The number of aryl methyl sites for hydroxylation is 2. The number of benzene rings is 4. The molecule has 4 nitrogen and oxygen atoms in total. The molecule has 246 valence electrons. The van der Waals surface area contributed by atoms with Crippen molar-refractivity contribution in [3.63, 3.8) is 0 Å². The third-order valence-corrected chi connectivity index (χ3v) is 9.65. The fourth-order valence-electron chi connectivity index (χ4n) is 6.79. The van der Waals surface area contributed by atoms with Crippen LogP contribution in [0.2, 0.25) is 0 Å². The van der Waals surface area contributed by atoms with Gasteiger partial charge in [-0.15, -0.1) is 0 Å². The molecule has 3 aliphatic rings. The van der Waals surface area contributed by atoms with Crippen molar-refractivity contribution in [2.24, 2.45) is 0 Å². The summed E-state index contributed by atoms with van der Waals surface area (Å²) in [6, 6.07) is 2.16. The van der Waals surface area contributed by atoms with Crippen LogP contribution in [-0.2, 0) is 30.2 Å². The fraction of sp³-hybridized carbons (Fsp3) is 0.250. The lowest BCUT2D eigenvalue weighted by Gasteiger charge is -2.28. The molecular weight excluding hydrogens is 669 g/mol. The minimum atomic E-state index is -5.60. The Morgan fingerprint density at radius 1 is 0.468 bits per heavy atom. The van der Waals surface area contributed by atoms with Gasteiger partial charge in [0.15, 0.2) is 46.5 Å². The number of fused-ring (bicyclic) bond motifs is 7. The third kappa shape index (κ3) is 4.66. The summed E-state index contributed by atoms with van der Waals surface area (Å²) in [5.41, 5.74) is -3.54. The summed E-state index contributed by atoms with van der Waals surface area (Å²) in [5, 5.41) is 0. The molecule has 0 aromatic heterocycles. The summed E-state index contributed by atoms with van der Waals surface area (Å²) in [4.78, 5) is 10.9. The molecule has 1 aliphatic heterocycles. The van der Waals surface area contributed by atoms with Gasteiger partial charge in [0.2, 0.25) is 11.6 Å². The largest absolute Gasteiger partial charge is 0.584 e. The van der Waals surface area contributed by atoms with E-state index in [1.165, 1.54) is 0 Å². The number of hydrogen-bond acceptors (Lipinski definition) is 3. The third-order valence-electron chi connectivity index (χ3n) is 8.83. The van der Waals surface area contributed by atoms with Crippen molar-refractivity contribution in [3.8, 4) is 44.9 Å². The summed E-state index contributed by atoms with van der Waals surface area (Å²) in [5.74, 6) is -24.8. The van der Waals surface area contributed by atoms with Crippen LogP contribution in [0.1, 0.15) is 47.9 Å². The van der Waals surface area contributed by atoms with Gasteiger partial charge in [0.25, 0.3) is 0 Å². The molecule has 4 aromatic rings. The van der Waals surface area contributed by atoms with Crippen LogP contribution in [0.5, 0.6) is 11.5 Å². The van der Waals surface area contributed by atoms with Crippen LogP contribution in [0, 0.1) is 58.2 Å². The van der Waals surface area contributed by atoms with Gasteiger partial charge in [-0.3, -0.25) is 4.89 Å². The van der Waals surface area contributed by atoms with Gasteiger partial charge >= 0.3 is 7.82 Å². The maximum atomic E-state index is 15.3. The second-order valence-corrected chi connectivity index (χ2v) is 12.8. The van der Waals surface area contributed by atoms with E-state index in [1.807, 2.05) is 0 Å². The maximum Gasteiger partial charge on any atom is 0.584 e. The van der Waals surface area contributed by atoms with Gasteiger partial charge in [-0.25, -0.2) is 48.5 Å². The predicted octanol–water partition coefficient (Wildman–Crippen LogP) is 9.71. The van der Waals surface area contributed by atoms with E-state index < -0.39 is 99.7 Å². The SMILES string of the molecule is O=P1(O)Oc2c(-c3c(F)c(F)c(F)c(F)c3F)cc3c(c2-c2c4c(cc(-c5c(F)c(F)c(F)c(F)c5F)c2O1)CCCC4)CCCC3. The maximum absolute atomic E-state index is 15.3. The number of halogens is 10. The molecule has 0 spiro atoms. The van der Waals surface area contributed by atoms with Gasteiger partial charge in [-0.2, -0.15) is 0 Å². The van der Waals surface area contributed by atoms with E-state index in [4.69, 9.17) is 9.05 Å². The van der Waals surface area contributed by atoms with Crippen molar-refractivity contribution < 1.29 is 62.4 Å². The molecule has 0 unspecified atom stereocenters. The van der Waals surface area contributed by atoms with Crippen molar-refractivity contribution in [3.05, 3.63) is 92.6 Å². The Hall–Kier alpha value is -4.03. The normalized spacial score (nSPS) is 16.3. The first kappa shape index (κ1) is 31.6. The molecular formula is C32H19F10O4P. The minimum Gasteiger partial charge on any atom is -0.394 e. The average molecular weight is 688 g/mol. The number of phosphoric ester groups is 1. The summed E-state index contributed by atoms with van der Waals surface area (Å²) >= 11 is 0. The highest BCUT2D eigenvalue weighted by Gasteiger charge is 2.42. The van der Waals surface area contributed by atoms with Gasteiger partial charge in [0.1, 0.15) is 11.5 Å². The highest BCUT2D eigenvalue weighted by atomic mass is 31.2. The van der Waals surface area contributed by atoms with E-state index in [0.717, 1.165) is 12.1 Å². The lowest BCUT2D eigenvalue weighted by Crippen LogP contribution is -2.12. The number of rotatable bonds is 2.